The van der Waals surface area contributed by atoms with Crippen molar-refractivity contribution in [2.45, 2.75) is 46.7 Å². The average Bonchev–Trinajstić information content (AvgIpc) is 3.06. The number of carbonyl (C=O) groups is 1. The molecule has 0 unspecified atom stereocenters. The number of fused-ring (bicyclic) bond motifs is 1. The Bertz CT molecular complexity index is 1150. The Labute approximate surface area is 162 Å². The minimum atomic E-state index is -0.748. The zero-order chi connectivity index (χ0) is 20.6. The Morgan fingerprint density at radius 2 is 1.93 bits per heavy atom. The molecule has 0 bridgehead atoms. The van der Waals surface area contributed by atoms with Crippen LogP contribution < -0.4 is 11.2 Å². The second kappa shape index (κ2) is 7.46. The highest BCUT2D eigenvalue weighted by Crippen LogP contribution is 2.19. The van der Waals surface area contributed by atoms with Crippen LogP contribution in [0.3, 0.4) is 0 Å². The SMILES string of the molecule is CCOC(=O)[C@H](C)n1cnc2c1c(=O)n(C(C)C)c(=O)n2-c1cccc(C)c1. The summed E-state index contributed by atoms with van der Waals surface area (Å²) in [4.78, 5) is 42.9. The number of rotatable bonds is 5. The summed E-state index contributed by atoms with van der Waals surface area (Å²) in [6.07, 6.45) is 1.41. The van der Waals surface area contributed by atoms with Gasteiger partial charge in [-0.05, 0) is 52.3 Å². The number of hydrogen-bond acceptors (Lipinski definition) is 5. The summed E-state index contributed by atoms with van der Waals surface area (Å²) in [6.45, 7) is 9.05. The van der Waals surface area contributed by atoms with Crippen LogP contribution in [0.1, 0.15) is 45.3 Å². The minimum Gasteiger partial charge on any atom is -0.464 e. The van der Waals surface area contributed by atoms with E-state index in [-0.39, 0.29) is 23.8 Å². The third-order valence-electron chi connectivity index (χ3n) is 4.63. The molecule has 0 spiro atoms. The fourth-order valence-corrected chi connectivity index (χ4v) is 3.25. The summed E-state index contributed by atoms with van der Waals surface area (Å²) in [6, 6.07) is 6.29. The number of hydrogen-bond donors (Lipinski definition) is 0. The van der Waals surface area contributed by atoms with E-state index >= 15 is 0 Å². The standard InChI is InChI=1S/C20H24N4O4/c1-6-28-19(26)14(5)22-11-21-17-16(22)18(25)23(12(2)3)20(27)24(17)15-9-7-8-13(4)10-15/h7-12,14H,6H2,1-5H3/t14-/m0/s1. The van der Waals surface area contributed by atoms with Crippen molar-refractivity contribution in [2.75, 3.05) is 6.61 Å². The molecule has 0 aliphatic rings. The van der Waals surface area contributed by atoms with Crippen molar-refractivity contribution in [3.05, 3.63) is 57.0 Å². The maximum atomic E-state index is 13.2. The number of carbonyl (C=O) groups excluding carboxylic acids is 1. The van der Waals surface area contributed by atoms with Gasteiger partial charge in [-0.15, -0.1) is 0 Å². The fraction of sp³-hybridized carbons (Fsp3) is 0.400. The smallest absolute Gasteiger partial charge is 0.337 e. The number of esters is 1. The third-order valence-corrected chi connectivity index (χ3v) is 4.63. The van der Waals surface area contributed by atoms with E-state index in [4.69, 9.17) is 4.74 Å². The van der Waals surface area contributed by atoms with Gasteiger partial charge in [0, 0.05) is 6.04 Å². The first kappa shape index (κ1) is 19.6. The van der Waals surface area contributed by atoms with Crippen LogP contribution in [0, 0.1) is 6.92 Å². The first-order valence-corrected chi connectivity index (χ1v) is 9.25. The number of benzene rings is 1. The van der Waals surface area contributed by atoms with E-state index in [9.17, 15) is 14.4 Å². The maximum Gasteiger partial charge on any atom is 0.337 e. The van der Waals surface area contributed by atoms with Crippen LogP contribution in [0.15, 0.2) is 40.2 Å². The quantitative estimate of drug-likeness (QED) is 0.630. The summed E-state index contributed by atoms with van der Waals surface area (Å²) in [7, 11) is 0. The average molecular weight is 384 g/mol. The molecule has 0 N–H and O–H groups in total. The molecule has 2 aromatic heterocycles. The molecule has 2 heterocycles. The summed E-state index contributed by atoms with van der Waals surface area (Å²) in [5, 5.41) is 0. The first-order chi connectivity index (χ1) is 13.3. The van der Waals surface area contributed by atoms with Gasteiger partial charge in [0.25, 0.3) is 5.56 Å². The van der Waals surface area contributed by atoms with Gasteiger partial charge in [0.05, 0.1) is 18.6 Å². The number of ether oxygens (including phenoxy) is 1. The molecule has 3 rings (SSSR count). The van der Waals surface area contributed by atoms with E-state index in [0.717, 1.165) is 5.56 Å². The van der Waals surface area contributed by atoms with E-state index in [1.54, 1.807) is 33.8 Å². The maximum absolute atomic E-state index is 13.2. The van der Waals surface area contributed by atoms with Crippen molar-refractivity contribution in [2.24, 2.45) is 0 Å². The third kappa shape index (κ3) is 3.15. The summed E-state index contributed by atoms with van der Waals surface area (Å²) in [5.74, 6) is -0.467. The van der Waals surface area contributed by atoms with Crippen molar-refractivity contribution in [1.82, 2.24) is 18.7 Å². The number of nitrogens with zero attached hydrogens (tertiary/aromatic N) is 4. The van der Waals surface area contributed by atoms with Crippen LogP contribution >= 0.6 is 0 Å². The van der Waals surface area contributed by atoms with Gasteiger partial charge in [-0.3, -0.25) is 9.36 Å². The Kier molecular flexibility index (Phi) is 5.22. The Morgan fingerprint density at radius 1 is 1.21 bits per heavy atom. The Balaban J connectivity index is 2.41. The molecule has 1 aromatic carbocycles. The van der Waals surface area contributed by atoms with Crippen molar-refractivity contribution < 1.29 is 9.53 Å². The van der Waals surface area contributed by atoms with Crippen LogP contribution in [0.5, 0.6) is 0 Å². The molecular formula is C20H24N4O4. The number of aromatic nitrogens is 4. The molecule has 8 heteroatoms. The topological polar surface area (TPSA) is 88.1 Å². The zero-order valence-corrected chi connectivity index (χ0v) is 16.7. The van der Waals surface area contributed by atoms with E-state index in [1.165, 1.54) is 20.0 Å². The van der Waals surface area contributed by atoms with Gasteiger partial charge in [-0.25, -0.2) is 19.1 Å². The van der Waals surface area contributed by atoms with Crippen molar-refractivity contribution in [3.8, 4) is 5.69 Å². The van der Waals surface area contributed by atoms with Crippen LogP contribution in [-0.2, 0) is 9.53 Å². The lowest BCUT2D eigenvalue weighted by Gasteiger charge is -2.17. The molecule has 0 fully saturated rings. The highest BCUT2D eigenvalue weighted by Gasteiger charge is 2.25. The van der Waals surface area contributed by atoms with Gasteiger partial charge in [0.2, 0.25) is 0 Å². The van der Waals surface area contributed by atoms with Crippen LogP contribution in [0.25, 0.3) is 16.9 Å². The molecule has 1 atom stereocenters. The molecule has 28 heavy (non-hydrogen) atoms. The van der Waals surface area contributed by atoms with Gasteiger partial charge >= 0.3 is 11.7 Å². The van der Waals surface area contributed by atoms with E-state index in [0.29, 0.717) is 5.69 Å². The highest BCUT2D eigenvalue weighted by atomic mass is 16.5. The monoisotopic (exact) mass is 384 g/mol. The molecule has 0 radical (unpaired) electrons. The van der Waals surface area contributed by atoms with Crippen molar-refractivity contribution in [3.63, 3.8) is 0 Å². The molecule has 0 aliphatic heterocycles. The summed E-state index contributed by atoms with van der Waals surface area (Å²) < 4.78 is 9.15. The van der Waals surface area contributed by atoms with Crippen LogP contribution in [-0.4, -0.2) is 31.3 Å². The van der Waals surface area contributed by atoms with Crippen molar-refractivity contribution >= 4 is 17.1 Å². The van der Waals surface area contributed by atoms with Gasteiger partial charge in [-0.1, -0.05) is 12.1 Å². The fourth-order valence-electron chi connectivity index (χ4n) is 3.25. The minimum absolute atomic E-state index is 0.190. The molecule has 0 aliphatic carbocycles. The molecule has 148 valence electrons. The molecule has 8 nitrogen and oxygen atoms in total. The normalized spacial score (nSPS) is 12.5. The zero-order valence-electron chi connectivity index (χ0n) is 16.7. The predicted molar refractivity (Wildman–Crippen MR) is 106 cm³/mol. The number of imidazole rings is 1. The predicted octanol–water partition coefficient (Wildman–Crippen LogP) is 2.36. The van der Waals surface area contributed by atoms with Gasteiger partial charge < -0.3 is 9.30 Å². The van der Waals surface area contributed by atoms with Crippen molar-refractivity contribution in [1.29, 1.82) is 0 Å². The van der Waals surface area contributed by atoms with E-state index < -0.39 is 23.3 Å². The number of aryl methyl sites for hydroxylation is 1. The van der Waals surface area contributed by atoms with Gasteiger partial charge in [-0.2, -0.15) is 0 Å². The largest absolute Gasteiger partial charge is 0.464 e. The summed E-state index contributed by atoms with van der Waals surface area (Å²) >= 11 is 0. The van der Waals surface area contributed by atoms with Gasteiger partial charge in [0.15, 0.2) is 11.2 Å². The summed E-state index contributed by atoms with van der Waals surface area (Å²) in [5.41, 5.74) is 1.04. The van der Waals surface area contributed by atoms with Crippen LogP contribution in [0.4, 0.5) is 0 Å². The Morgan fingerprint density at radius 3 is 2.54 bits per heavy atom. The lowest BCUT2D eigenvalue weighted by atomic mass is 10.2. The lowest BCUT2D eigenvalue weighted by molar-refractivity contribution is -0.146. The molecule has 0 saturated heterocycles. The Hall–Kier alpha value is -3.16. The van der Waals surface area contributed by atoms with E-state index in [2.05, 4.69) is 4.98 Å². The molecule has 0 amide bonds. The molecule has 0 saturated carbocycles. The first-order valence-electron chi connectivity index (χ1n) is 9.25. The van der Waals surface area contributed by atoms with Crippen LogP contribution in [0.2, 0.25) is 0 Å². The highest BCUT2D eigenvalue weighted by molar-refractivity contribution is 5.79. The lowest BCUT2D eigenvalue weighted by Crippen LogP contribution is -2.41. The van der Waals surface area contributed by atoms with E-state index in [1.807, 2.05) is 25.1 Å². The second-order valence-corrected chi connectivity index (χ2v) is 6.98. The van der Waals surface area contributed by atoms with Gasteiger partial charge in [0.1, 0.15) is 6.04 Å². The second-order valence-electron chi connectivity index (χ2n) is 6.98. The molecular weight excluding hydrogens is 360 g/mol. The molecule has 3 aromatic rings.